The summed E-state index contributed by atoms with van der Waals surface area (Å²) in [5.41, 5.74) is 3.50. The van der Waals surface area contributed by atoms with Crippen LogP contribution in [0.25, 0.3) is 0 Å². The number of benzene rings is 1. The van der Waals surface area contributed by atoms with Gasteiger partial charge in [0.2, 0.25) is 5.91 Å². The largest absolute Gasteiger partial charge is 0.360 e. The van der Waals surface area contributed by atoms with E-state index in [1.807, 2.05) is 24.4 Å². The van der Waals surface area contributed by atoms with Crippen molar-refractivity contribution in [1.82, 2.24) is 10.3 Å². The number of hydrogen-bond donors (Lipinski definition) is 2. The summed E-state index contributed by atoms with van der Waals surface area (Å²) in [4.78, 5) is 30.4. The third-order valence-electron chi connectivity index (χ3n) is 4.21. The molecule has 1 aromatic carbocycles. The van der Waals surface area contributed by atoms with Crippen molar-refractivity contribution >= 4 is 34.0 Å². The number of aryl methyl sites for hydroxylation is 2. The lowest BCUT2D eigenvalue weighted by Crippen LogP contribution is -2.34. The molecule has 1 aromatic heterocycles. The van der Waals surface area contributed by atoms with Gasteiger partial charge < -0.3 is 15.5 Å². The summed E-state index contributed by atoms with van der Waals surface area (Å²) >= 11 is 1.55. The van der Waals surface area contributed by atoms with Crippen molar-refractivity contribution < 1.29 is 9.59 Å². The van der Waals surface area contributed by atoms with Crippen molar-refractivity contribution in [3.05, 3.63) is 53.1 Å². The highest BCUT2D eigenvalue weighted by Crippen LogP contribution is 2.28. The number of anilines is 2. The SMILES string of the molecule is C=CC(=O)N1CCCc2cc(C(=O)NCCNc3nc(C)cs3)ccc21. The van der Waals surface area contributed by atoms with Gasteiger partial charge in [-0.15, -0.1) is 11.3 Å². The molecule has 0 fully saturated rings. The van der Waals surface area contributed by atoms with Crippen LogP contribution in [0, 0.1) is 6.92 Å². The molecule has 0 bridgehead atoms. The molecule has 2 amide bonds. The number of aromatic nitrogens is 1. The molecule has 1 aliphatic heterocycles. The van der Waals surface area contributed by atoms with E-state index in [0.29, 0.717) is 25.2 Å². The number of amides is 2. The minimum Gasteiger partial charge on any atom is -0.360 e. The van der Waals surface area contributed by atoms with Gasteiger partial charge in [0.15, 0.2) is 5.13 Å². The fraction of sp³-hybridized carbons (Fsp3) is 0.316. The van der Waals surface area contributed by atoms with Crippen LogP contribution in [0.4, 0.5) is 10.8 Å². The Morgan fingerprint density at radius 3 is 2.96 bits per heavy atom. The van der Waals surface area contributed by atoms with E-state index in [4.69, 9.17) is 0 Å². The molecule has 0 saturated heterocycles. The molecule has 6 nitrogen and oxygen atoms in total. The Hall–Kier alpha value is -2.67. The highest BCUT2D eigenvalue weighted by molar-refractivity contribution is 7.13. The van der Waals surface area contributed by atoms with E-state index in [9.17, 15) is 9.59 Å². The van der Waals surface area contributed by atoms with E-state index >= 15 is 0 Å². The van der Waals surface area contributed by atoms with Crippen LogP contribution in [0.2, 0.25) is 0 Å². The summed E-state index contributed by atoms with van der Waals surface area (Å²) in [6.45, 7) is 7.31. The van der Waals surface area contributed by atoms with Crippen LogP contribution in [0.15, 0.2) is 36.2 Å². The first kappa shape index (κ1) is 18.1. The van der Waals surface area contributed by atoms with E-state index in [1.54, 1.807) is 22.3 Å². The first-order valence-electron chi connectivity index (χ1n) is 8.59. The van der Waals surface area contributed by atoms with Gasteiger partial charge in [-0.1, -0.05) is 6.58 Å². The first-order valence-corrected chi connectivity index (χ1v) is 9.47. The number of rotatable bonds is 6. The fourth-order valence-electron chi connectivity index (χ4n) is 2.96. The van der Waals surface area contributed by atoms with Gasteiger partial charge in [0.25, 0.3) is 5.91 Å². The van der Waals surface area contributed by atoms with Crippen molar-refractivity contribution in [2.24, 2.45) is 0 Å². The zero-order valence-corrected chi connectivity index (χ0v) is 15.6. The Bertz CT molecular complexity index is 831. The zero-order chi connectivity index (χ0) is 18.5. The van der Waals surface area contributed by atoms with Crippen LogP contribution in [-0.4, -0.2) is 36.4 Å². The zero-order valence-electron chi connectivity index (χ0n) is 14.7. The number of carbonyl (C=O) groups is 2. The summed E-state index contributed by atoms with van der Waals surface area (Å²) in [5, 5.41) is 8.93. The number of nitrogens with one attached hydrogen (secondary N) is 2. The minimum atomic E-state index is -0.114. The molecule has 136 valence electrons. The average molecular weight is 370 g/mol. The van der Waals surface area contributed by atoms with Crippen LogP contribution in [0.1, 0.15) is 28.0 Å². The van der Waals surface area contributed by atoms with Crippen LogP contribution in [0.5, 0.6) is 0 Å². The molecule has 2 N–H and O–H groups in total. The lowest BCUT2D eigenvalue weighted by atomic mass is 9.98. The van der Waals surface area contributed by atoms with Gasteiger partial charge in [-0.05, 0) is 49.6 Å². The van der Waals surface area contributed by atoms with E-state index in [2.05, 4.69) is 22.2 Å². The van der Waals surface area contributed by atoms with Gasteiger partial charge >= 0.3 is 0 Å². The maximum atomic E-state index is 12.4. The molecule has 1 aliphatic rings. The van der Waals surface area contributed by atoms with Crippen LogP contribution in [0.3, 0.4) is 0 Å². The molecule has 0 atom stereocenters. The van der Waals surface area contributed by atoms with Crippen LogP contribution in [-0.2, 0) is 11.2 Å². The number of thiazole rings is 1. The average Bonchev–Trinajstić information content (AvgIpc) is 3.08. The summed E-state index contributed by atoms with van der Waals surface area (Å²) in [6, 6.07) is 5.49. The summed E-state index contributed by atoms with van der Waals surface area (Å²) < 4.78 is 0. The lowest BCUT2D eigenvalue weighted by molar-refractivity contribution is -0.114. The molecule has 3 rings (SSSR count). The van der Waals surface area contributed by atoms with E-state index in [1.165, 1.54) is 6.08 Å². The Balaban J connectivity index is 1.58. The van der Waals surface area contributed by atoms with Crippen molar-refractivity contribution in [3.8, 4) is 0 Å². The Labute approximate surface area is 156 Å². The Morgan fingerprint density at radius 2 is 2.23 bits per heavy atom. The third kappa shape index (κ3) is 4.11. The molecule has 0 radical (unpaired) electrons. The van der Waals surface area contributed by atoms with Crippen molar-refractivity contribution in [1.29, 1.82) is 0 Å². The summed E-state index contributed by atoms with van der Waals surface area (Å²) in [5.74, 6) is -0.219. The Kier molecular flexibility index (Phi) is 5.68. The molecular weight excluding hydrogens is 348 g/mol. The van der Waals surface area contributed by atoms with Gasteiger partial charge in [0, 0.05) is 36.3 Å². The third-order valence-corrected chi connectivity index (χ3v) is 5.12. The van der Waals surface area contributed by atoms with Gasteiger partial charge in [-0.25, -0.2) is 4.98 Å². The Morgan fingerprint density at radius 1 is 1.38 bits per heavy atom. The van der Waals surface area contributed by atoms with Gasteiger partial charge in [0.05, 0.1) is 5.69 Å². The van der Waals surface area contributed by atoms with Gasteiger partial charge in [0.1, 0.15) is 0 Å². The minimum absolute atomic E-state index is 0.105. The quantitative estimate of drug-likeness (QED) is 0.606. The van der Waals surface area contributed by atoms with Crippen LogP contribution >= 0.6 is 11.3 Å². The highest BCUT2D eigenvalue weighted by Gasteiger charge is 2.21. The molecular formula is C19H22N4O2S. The predicted molar refractivity (Wildman–Crippen MR) is 105 cm³/mol. The van der Waals surface area contributed by atoms with Gasteiger partial charge in [-0.3, -0.25) is 9.59 Å². The maximum absolute atomic E-state index is 12.4. The standard InChI is InChI=1S/C19H22N4O2S/c1-3-17(24)23-10-4-5-14-11-15(6-7-16(14)23)18(25)20-8-9-21-19-22-13(2)12-26-19/h3,6-7,11-12H,1,4-5,8-10H2,2H3,(H,20,25)(H,21,22). The molecule has 0 unspecified atom stereocenters. The summed E-state index contributed by atoms with van der Waals surface area (Å²) in [7, 11) is 0. The normalized spacial score (nSPS) is 13.0. The van der Waals surface area contributed by atoms with Crippen molar-refractivity contribution in [3.63, 3.8) is 0 Å². The number of carbonyl (C=O) groups excluding carboxylic acids is 2. The number of hydrogen-bond acceptors (Lipinski definition) is 5. The number of nitrogens with zero attached hydrogens (tertiary/aromatic N) is 2. The molecule has 7 heteroatoms. The predicted octanol–water partition coefficient (Wildman–Crippen LogP) is 2.76. The molecule has 0 spiro atoms. The van der Waals surface area contributed by atoms with E-state index in [-0.39, 0.29) is 11.8 Å². The van der Waals surface area contributed by atoms with E-state index < -0.39 is 0 Å². The monoisotopic (exact) mass is 370 g/mol. The molecule has 26 heavy (non-hydrogen) atoms. The maximum Gasteiger partial charge on any atom is 0.251 e. The smallest absolute Gasteiger partial charge is 0.251 e. The fourth-order valence-corrected chi connectivity index (χ4v) is 3.68. The summed E-state index contributed by atoms with van der Waals surface area (Å²) in [6.07, 6.45) is 3.07. The topological polar surface area (TPSA) is 74.3 Å². The second-order valence-electron chi connectivity index (χ2n) is 6.12. The van der Waals surface area contributed by atoms with Crippen molar-refractivity contribution in [2.45, 2.75) is 19.8 Å². The van der Waals surface area contributed by atoms with Crippen LogP contribution < -0.4 is 15.5 Å². The molecule has 0 aliphatic carbocycles. The first-order chi connectivity index (χ1) is 12.6. The van der Waals surface area contributed by atoms with E-state index in [0.717, 1.165) is 34.9 Å². The lowest BCUT2D eigenvalue weighted by Gasteiger charge is -2.28. The number of fused-ring (bicyclic) bond motifs is 1. The molecule has 2 heterocycles. The molecule has 2 aromatic rings. The molecule has 0 saturated carbocycles. The highest BCUT2D eigenvalue weighted by atomic mass is 32.1. The van der Waals surface area contributed by atoms with Gasteiger partial charge in [-0.2, -0.15) is 0 Å². The second-order valence-corrected chi connectivity index (χ2v) is 6.98. The van der Waals surface area contributed by atoms with Crippen molar-refractivity contribution in [2.75, 3.05) is 29.9 Å². The second kappa shape index (κ2) is 8.14.